The summed E-state index contributed by atoms with van der Waals surface area (Å²) in [6, 6.07) is 16.3. The summed E-state index contributed by atoms with van der Waals surface area (Å²) in [7, 11) is 0. The van der Waals surface area contributed by atoms with Crippen molar-refractivity contribution in [2.75, 3.05) is 19.6 Å². The molecule has 6 nitrogen and oxygen atoms in total. The van der Waals surface area contributed by atoms with Crippen molar-refractivity contribution in [2.24, 2.45) is 0 Å². The standard InChI is InChI=1S/C21H23N3O2.C4H9N/c22-14-17(24-21(26)19-6-3-4-12-23-19)13-15-8-10-16(11-9-15)18-5-1-2-7-20(18)25;1-2-4-5-3-1/h1-2,5,7-11,17,19,23,25H,3-4,6,12-13H2,(H,24,26);5H,1-4H2/t17-,19?;/m0./s1. The van der Waals surface area contributed by atoms with Gasteiger partial charge in [0, 0.05) is 12.0 Å². The Kier molecular flexibility index (Phi) is 8.89. The van der Waals surface area contributed by atoms with E-state index in [0.717, 1.165) is 42.5 Å². The van der Waals surface area contributed by atoms with Crippen molar-refractivity contribution in [1.82, 2.24) is 16.0 Å². The van der Waals surface area contributed by atoms with Crippen LogP contribution in [-0.4, -0.2) is 42.7 Å². The van der Waals surface area contributed by atoms with Crippen molar-refractivity contribution >= 4 is 5.91 Å². The second-order valence-electron chi connectivity index (χ2n) is 8.07. The van der Waals surface area contributed by atoms with Gasteiger partial charge in [-0.1, -0.05) is 48.9 Å². The molecule has 4 rings (SSSR count). The molecule has 0 aromatic heterocycles. The summed E-state index contributed by atoms with van der Waals surface area (Å²) in [6.07, 6.45) is 6.18. The second kappa shape index (κ2) is 12.1. The summed E-state index contributed by atoms with van der Waals surface area (Å²) in [5.74, 6) is 0.143. The van der Waals surface area contributed by atoms with Crippen molar-refractivity contribution in [3.8, 4) is 22.9 Å². The number of para-hydroxylation sites is 1. The Hall–Kier alpha value is -2.88. The highest BCUT2D eigenvalue weighted by Crippen LogP contribution is 2.28. The Morgan fingerprint density at radius 3 is 2.35 bits per heavy atom. The van der Waals surface area contributed by atoms with E-state index in [2.05, 4.69) is 22.0 Å². The first kappa shape index (κ1) is 22.8. The summed E-state index contributed by atoms with van der Waals surface area (Å²) in [5.41, 5.74) is 2.65. The molecule has 2 aromatic carbocycles. The van der Waals surface area contributed by atoms with E-state index < -0.39 is 6.04 Å². The van der Waals surface area contributed by atoms with Gasteiger partial charge in [-0.15, -0.1) is 0 Å². The lowest BCUT2D eigenvalue weighted by Gasteiger charge is -2.23. The van der Waals surface area contributed by atoms with Crippen LogP contribution in [0.4, 0.5) is 0 Å². The van der Waals surface area contributed by atoms with Crippen LogP contribution in [0.5, 0.6) is 5.75 Å². The molecule has 2 fully saturated rings. The molecule has 0 aliphatic carbocycles. The minimum absolute atomic E-state index is 0.0953. The third kappa shape index (κ3) is 7.09. The van der Waals surface area contributed by atoms with Gasteiger partial charge in [0.1, 0.15) is 11.8 Å². The number of benzene rings is 2. The number of hydrogen-bond acceptors (Lipinski definition) is 5. The number of nitriles is 1. The topological polar surface area (TPSA) is 97.2 Å². The molecular formula is C25H32N4O2. The predicted octanol–water partition coefficient (Wildman–Crippen LogP) is 3.12. The summed E-state index contributed by atoms with van der Waals surface area (Å²) >= 11 is 0. The van der Waals surface area contributed by atoms with Gasteiger partial charge in [-0.25, -0.2) is 0 Å². The molecule has 2 aliphatic rings. The molecule has 0 bridgehead atoms. The smallest absolute Gasteiger partial charge is 0.238 e. The van der Waals surface area contributed by atoms with Crippen LogP contribution in [0.1, 0.15) is 37.7 Å². The lowest BCUT2D eigenvalue weighted by molar-refractivity contribution is -0.124. The quantitative estimate of drug-likeness (QED) is 0.596. The predicted molar refractivity (Wildman–Crippen MR) is 123 cm³/mol. The Morgan fingerprint density at radius 1 is 1.06 bits per heavy atom. The molecule has 2 atom stereocenters. The molecule has 0 radical (unpaired) electrons. The lowest BCUT2D eigenvalue weighted by atomic mass is 9.99. The molecule has 31 heavy (non-hydrogen) atoms. The van der Waals surface area contributed by atoms with Gasteiger partial charge in [0.25, 0.3) is 0 Å². The Labute approximate surface area is 184 Å². The first-order valence-electron chi connectivity index (χ1n) is 11.2. The van der Waals surface area contributed by atoms with E-state index >= 15 is 0 Å². The number of hydrogen-bond donors (Lipinski definition) is 4. The average Bonchev–Trinajstić information content (AvgIpc) is 3.40. The zero-order valence-corrected chi connectivity index (χ0v) is 17.9. The molecule has 6 heteroatoms. The summed E-state index contributed by atoms with van der Waals surface area (Å²) < 4.78 is 0. The Bertz CT molecular complexity index is 858. The molecule has 0 spiro atoms. The number of carbonyl (C=O) groups excluding carboxylic acids is 1. The molecular weight excluding hydrogens is 388 g/mol. The lowest BCUT2D eigenvalue weighted by Crippen LogP contribution is -2.49. The largest absolute Gasteiger partial charge is 0.507 e. The van der Waals surface area contributed by atoms with Crippen LogP contribution < -0.4 is 16.0 Å². The van der Waals surface area contributed by atoms with Gasteiger partial charge in [0.15, 0.2) is 0 Å². The monoisotopic (exact) mass is 420 g/mol. The third-order valence-electron chi connectivity index (χ3n) is 5.67. The van der Waals surface area contributed by atoms with Crippen LogP contribution in [-0.2, 0) is 11.2 Å². The van der Waals surface area contributed by atoms with E-state index in [-0.39, 0.29) is 17.7 Å². The van der Waals surface area contributed by atoms with Crippen molar-refractivity contribution in [2.45, 2.75) is 50.6 Å². The maximum Gasteiger partial charge on any atom is 0.238 e. The number of piperidine rings is 1. The van der Waals surface area contributed by atoms with Gasteiger partial charge in [0.05, 0.1) is 12.1 Å². The van der Waals surface area contributed by atoms with E-state index in [0.29, 0.717) is 6.42 Å². The van der Waals surface area contributed by atoms with Crippen LogP contribution in [0.25, 0.3) is 11.1 Å². The van der Waals surface area contributed by atoms with Crippen molar-refractivity contribution < 1.29 is 9.90 Å². The highest BCUT2D eigenvalue weighted by molar-refractivity contribution is 5.82. The zero-order valence-electron chi connectivity index (χ0n) is 17.9. The van der Waals surface area contributed by atoms with Crippen LogP contribution in [0.2, 0.25) is 0 Å². The molecule has 164 valence electrons. The summed E-state index contributed by atoms with van der Waals surface area (Å²) in [5, 5.41) is 28.6. The molecule has 1 amide bonds. The van der Waals surface area contributed by atoms with Gasteiger partial charge in [-0.2, -0.15) is 5.26 Å². The van der Waals surface area contributed by atoms with E-state index in [9.17, 15) is 15.2 Å². The molecule has 2 saturated heterocycles. The van der Waals surface area contributed by atoms with Crippen molar-refractivity contribution in [3.63, 3.8) is 0 Å². The van der Waals surface area contributed by atoms with Crippen LogP contribution in [0.3, 0.4) is 0 Å². The summed E-state index contributed by atoms with van der Waals surface area (Å²) in [6.45, 7) is 3.35. The van der Waals surface area contributed by atoms with Crippen LogP contribution in [0, 0.1) is 11.3 Å². The Balaban J connectivity index is 0.000000478. The number of phenolic OH excluding ortho intramolecular Hbond substituents is 1. The fourth-order valence-corrected chi connectivity index (χ4v) is 3.88. The number of carbonyl (C=O) groups is 1. The number of rotatable bonds is 5. The number of amides is 1. The third-order valence-corrected chi connectivity index (χ3v) is 5.67. The van der Waals surface area contributed by atoms with E-state index in [4.69, 9.17) is 0 Å². The minimum atomic E-state index is -0.554. The minimum Gasteiger partial charge on any atom is -0.507 e. The fourth-order valence-electron chi connectivity index (χ4n) is 3.88. The number of aromatic hydroxyl groups is 1. The van der Waals surface area contributed by atoms with Gasteiger partial charge >= 0.3 is 0 Å². The first-order valence-corrected chi connectivity index (χ1v) is 11.2. The molecule has 1 unspecified atom stereocenters. The van der Waals surface area contributed by atoms with Crippen molar-refractivity contribution in [1.29, 1.82) is 5.26 Å². The van der Waals surface area contributed by atoms with Crippen molar-refractivity contribution in [3.05, 3.63) is 54.1 Å². The zero-order chi connectivity index (χ0) is 21.9. The normalized spacial score (nSPS) is 18.9. The Morgan fingerprint density at radius 2 is 1.77 bits per heavy atom. The highest BCUT2D eigenvalue weighted by Gasteiger charge is 2.23. The highest BCUT2D eigenvalue weighted by atomic mass is 16.3. The second-order valence-corrected chi connectivity index (χ2v) is 8.07. The molecule has 2 heterocycles. The van der Waals surface area contributed by atoms with E-state index in [1.165, 1.54) is 25.9 Å². The van der Waals surface area contributed by atoms with Crippen LogP contribution in [0.15, 0.2) is 48.5 Å². The number of phenols is 1. The fraction of sp³-hybridized carbons (Fsp3) is 0.440. The van der Waals surface area contributed by atoms with E-state index in [1.807, 2.05) is 36.4 Å². The molecule has 2 aliphatic heterocycles. The maximum atomic E-state index is 12.3. The van der Waals surface area contributed by atoms with Gasteiger partial charge in [-0.05, 0) is 62.5 Å². The first-order chi connectivity index (χ1) is 15.2. The van der Waals surface area contributed by atoms with Gasteiger partial charge in [-0.3, -0.25) is 4.79 Å². The average molecular weight is 421 g/mol. The van der Waals surface area contributed by atoms with E-state index in [1.54, 1.807) is 12.1 Å². The maximum absolute atomic E-state index is 12.3. The SMILES string of the molecule is C1CCNC1.N#C[C@H](Cc1ccc(-c2ccccc2O)cc1)NC(=O)C1CCCCN1. The van der Waals surface area contributed by atoms with Crippen LogP contribution >= 0.6 is 0 Å². The van der Waals surface area contributed by atoms with Gasteiger partial charge < -0.3 is 21.1 Å². The van der Waals surface area contributed by atoms with Gasteiger partial charge in [0.2, 0.25) is 5.91 Å². The number of nitrogens with one attached hydrogen (secondary N) is 3. The molecule has 0 saturated carbocycles. The molecule has 4 N–H and O–H groups in total. The molecule has 2 aromatic rings. The summed E-state index contributed by atoms with van der Waals surface area (Å²) in [4.78, 5) is 12.3. The number of nitrogens with zero attached hydrogens (tertiary/aromatic N) is 1.